The maximum Gasteiger partial charge on any atom is 0.242 e. The zero-order valence-electron chi connectivity index (χ0n) is 10.5. The van der Waals surface area contributed by atoms with Crippen molar-refractivity contribution in [2.24, 2.45) is 0 Å². The van der Waals surface area contributed by atoms with Gasteiger partial charge in [0.15, 0.2) is 5.82 Å². The average molecular weight is 240 g/mol. The lowest BCUT2D eigenvalue weighted by Gasteiger charge is -2.16. The first-order valence-corrected chi connectivity index (χ1v) is 5.69. The number of nitrogens with two attached hydrogens (primary N) is 1. The Kier molecular flexibility index (Phi) is 4.96. The molecule has 0 saturated heterocycles. The van der Waals surface area contributed by atoms with Crippen LogP contribution in [0.15, 0.2) is 6.33 Å². The van der Waals surface area contributed by atoms with Gasteiger partial charge in [-0.15, -0.1) is 0 Å². The number of rotatable bonds is 6. The molecule has 0 aliphatic carbocycles. The number of aromatic nitrogens is 2. The predicted octanol–water partition coefficient (Wildman–Crippen LogP) is 1.03. The van der Waals surface area contributed by atoms with Crippen molar-refractivity contribution in [3.63, 3.8) is 0 Å². The van der Waals surface area contributed by atoms with Crippen LogP contribution in [0.4, 0.5) is 11.5 Å². The molecule has 6 heteroatoms. The fraction of sp³-hybridized carbons (Fsp3) is 0.636. The third-order valence-electron chi connectivity index (χ3n) is 2.14. The Labute approximate surface area is 101 Å². The molecule has 1 heterocycles. The van der Waals surface area contributed by atoms with E-state index in [1.807, 2.05) is 20.8 Å². The van der Waals surface area contributed by atoms with Gasteiger partial charge >= 0.3 is 0 Å². The third-order valence-corrected chi connectivity index (χ3v) is 2.14. The monoisotopic (exact) mass is 240 g/mol. The second-order valence-electron chi connectivity index (χ2n) is 4.17. The van der Waals surface area contributed by atoms with E-state index in [1.165, 1.54) is 6.33 Å². The zero-order valence-corrected chi connectivity index (χ0v) is 10.5. The highest BCUT2D eigenvalue weighted by atomic mass is 16.5. The van der Waals surface area contributed by atoms with Crippen LogP contribution in [0.25, 0.3) is 0 Å². The smallest absolute Gasteiger partial charge is 0.242 e. The largest absolute Gasteiger partial charge is 0.473 e. The first-order valence-electron chi connectivity index (χ1n) is 5.69. The second kappa shape index (κ2) is 6.24. The number of nitrogens with zero attached hydrogens (tertiary/aromatic N) is 2. The van der Waals surface area contributed by atoms with Gasteiger partial charge in [-0.2, -0.15) is 4.98 Å². The molecule has 0 aliphatic heterocycles. The molecule has 0 aliphatic rings. The molecule has 0 fully saturated rings. The molecule has 1 atom stereocenters. The van der Waals surface area contributed by atoms with E-state index in [4.69, 9.17) is 15.6 Å². The molecule has 0 amide bonds. The van der Waals surface area contributed by atoms with Crippen molar-refractivity contribution >= 4 is 11.5 Å². The molecule has 96 valence electrons. The van der Waals surface area contributed by atoms with Gasteiger partial charge in [-0.05, 0) is 27.2 Å². The minimum absolute atomic E-state index is 0.00918. The topological polar surface area (TPSA) is 93.3 Å². The van der Waals surface area contributed by atoms with Gasteiger partial charge in [0.1, 0.15) is 12.0 Å². The van der Waals surface area contributed by atoms with Crippen LogP contribution in [-0.4, -0.2) is 33.8 Å². The van der Waals surface area contributed by atoms with Gasteiger partial charge in [-0.3, -0.25) is 0 Å². The van der Waals surface area contributed by atoms with Crippen molar-refractivity contribution in [3.05, 3.63) is 6.33 Å². The third kappa shape index (κ3) is 4.07. The maximum absolute atomic E-state index is 8.83. The van der Waals surface area contributed by atoms with Crippen molar-refractivity contribution in [3.8, 4) is 5.88 Å². The Bertz CT molecular complexity index is 357. The highest BCUT2D eigenvalue weighted by molar-refractivity contribution is 5.66. The number of nitrogen functional groups attached to an aromatic ring is 1. The summed E-state index contributed by atoms with van der Waals surface area (Å²) in [6.07, 6.45) is 2.04. The van der Waals surface area contributed by atoms with Crippen molar-refractivity contribution in [1.29, 1.82) is 0 Å². The van der Waals surface area contributed by atoms with Crippen LogP contribution >= 0.6 is 0 Å². The highest BCUT2D eigenvalue weighted by Crippen LogP contribution is 2.25. The van der Waals surface area contributed by atoms with Crippen LogP contribution in [0.1, 0.15) is 27.2 Å². The van der Waals surface area contributed by atoms with Crippen molar-refractivity contribution in [2.45, 2.75) is 39.3 Å². The summed E-state index contributed by atoms with van der Waals surface area (Å²) in [7, 11) is 0. The number of aliphatic hydroxyl groups is 1. The standard InChI is InChI=1S/C11H20N4O2/c1-7(2)17-11-9(12)10(13-6-14-11)15-8(3)4-5-16/h6-8,16H,4-5,12H2,1-3H3,(H,13,14,15). The molecule has 1 aromatic heterocycles. The molecule has 1 aromatic rings. The van der Waals surface area contributed by atoms with Crippen molar-refractivity contribution < 1.29 is 9.84 Å². The first kappa shape index (κ1) is 13.5. The fourth-order valence-corrected chi connectivity index (χ4v) is 1.31. The lowest BCUT2D eigenvalue weighted by Crippen LogP contribution is -2.19. The van der Waals surface area contributed by atoms with Crippen LogP contribution in [0.5, 0.6) is 5.88 Å². The van der Waals surface area contributed by atoms with Gasteiger partial charge in [0.05, 0.1) is 6.10 Å². The van der Waals surface area contributed by atoms with E-state index in [1.54, 1.807) is 0 Å². The Balaban J connectivity index is 2.79. The van der Waals surface area contributed by atoms with E-state index in [0.717, 1.165) is 0 Å². The van der Waals surface area contributed by atoms with E-state index in [-0.39, 0.29) is 18.8 Å². The minimum atomic E-state index is 0.00918. The molecule has 4 N–H and O–H groups in total. The Morgan fingerprint density at radius 3 is 2.71 bits per heavy atom. The molecule has 0 spiro atoms. The summed E-state index contributed by atoms with van der Waals surface area (Å²) in [5.41, 5.74) is 6.30. The Hall–Kier alpha value is -1.56. The molecule has 0 aromatic carbocycles. The number of nitrogens with one attached hydrogen (secondary N) is 1. The van der Waals surface area contributed by atoms with Gasteiger partial charge in [0.25, 0.3) is 0 Å². The molecule has 1 unspecified atom stereocenters. The highest BCUT2D eigenvalue weighted by Gasteiger charge is 2.12. The summed E-state index contributed by atoms with van der Waals surface area (Å²) < 4.78 is 5.46. The van der Waals surface area contributed by atoms with Gasteiger partial charge < -0.3 is 20.9 Å². The summed E-state index contributed by atoms with van der Waals surface area (Å²) in [6, 6.07) is 0.0871. The Morgan fingerprint density at radius 2 is 2.12 bits per heavy atom. The van der Waals surface area contributed by atoms with Crippen molar-refractivity contribution in [1.82, 2.24) is 9.97 Å². The molecular formula is C11H20N4O2. The van der Waals surface area contributed by atoms with Crippen LogP contribution in [0.2, 0.25) is 0 Å². The van der Waals surface area contributed by atoms with Crippen LogP contribution in [0.3, 0.4) is 0 Å². The second-order valence-corrected chi connectivity index (χ2v) is 4.17. The minimum Gasteiger partial charge on any atom is -0.473 e. The number of aliphatic hydroxyl groups excluding tert-OH is 1. The van der Waals surface area contributed by atoms with Crippen LogP contribution in [-0.2, 0) is 0 Å². The molecule has 1 rings (SSSR count). The number of hydrogen-bond acceptors (Lipinski definition) is 6. The van der Waals surface area contributed by atoms with Crippen LogP contribution < -0.4 is 15.8 Å². The molecule has 0 bridgehead atoms. The number of anilines is 2. The van der Waals surface area contributed by atoms with Crippen molar-refractivity contribution in [2.75, 3.05) is 17.7 Å². The summed E-state index contributed by atoms with van der Waals surface area (Å²) in [4.78, 5) is 8.04. The molecular weight excluding hydrogens is 220 g/mol. The summed E-state index contributed by atoms with van der Waals surface area (Å²) in [5, 5.41) is 11.9. The number of hydrogen-bond donors (Lipinski definition) is 3. The van der Waals surface area contributed by atoms with E-state index in [2.05, 4.69) is 15.3 Å². The number of ether oxygens (including phenoxy) is 1. The molecule has 6 nitrogen and oxygen atoms in total. The van der Waals surface area contributed by atoms with Gasteiger partial charge in [0, 0.05) is 12.6 Å². The normalized spacial score (nSPS) is 12.5. The predicted molar refractivity (Wildman–Crippen MR) is 67.0 cm³/mol. The maximum atomic E-state index is 8.83. The summed E-state index contributed by atoms with van der Waals surface area (Å²) in [5.74, 6) is 0.922. The fourth-order valence-electron chi connectivity index (χ4n) is 1.31. The van der Waals surface area contributed by atoms with E-state index in [0.29, 0.717) is 23.8 Å². The SMILES string of the molecule is CC(CCO)Nc1ncnc(OC(C)C)c1N. The Morgan fingerprint density at radius 1 is 1.41 bits per heavy atom. The summed E-state index contributed by atoms with van der Waals surface area (Å²) >= 11 is 0. The van der Waals surface area contributed by atoms with Crippen LogP contribution in [0, 0.1) is 0 Å². The molecule has 0 saturated carbocycles. The first-order chi connectivity index (χ1) is 8.04. The van der Waals surface area contributed by atoms with Gasteiger partial charge in [-0.25, -0.2) is 4.98 Å². The lowest BCUT2D eigenvalue weighted by molar-refractivity contribution is 0.234. The lowest BCUT2D eigenvalue weighted by atomic mass is 10.2. The van der Waals surface area contributed by atoms with E-state index in [9.17, 15) is 0 Å². The van der Waals surface area contributed by atoms with E-state index >= 15 is 0 Å². The quantitative estimate of drug-likeness (QED) is 0.687. The van der Waals surface area contributed by atoms with Gasteiger partial charge in [0.2, 0.25) is 5.88 Å². The average Bonchev–Trinajstić information content (AvgIpc) is 2.23. The van der Waals surface area contributed by atoms with Gasteiger partial charge in [-0.1, -0.05) is 0 Å². The molecule has 0 radical (unpaired) electrons. The zero-order chi connectivity index (χ0) is 12.8. The summed E-state index contributed by atoms with van der Waals surface area (Å²) in [6.45, 7) is 5.88. The van der Waals surface area contributed by atoms with E-state index < -0.39 is 0 Å². The molecule has 17 heavy (non-hydrogen) atoms.